The predicted molar refractivity (Wildman–Crippen MR) is 137 cm³/mol. The van der Waals surface area contributed by atoms with E-state index in [1.54, 1.807) is 48.7 Å². The van der Waals surface area contributed by atoms with E-state index in [1.165, 1.54) is 23.0 Å². The Hall–Kier alpha value is -4.53. The summed E-state index contributed by atoms with van der Waals surface area (Å²) < 4.78 is 15.3. The lowest BCUT2D eigenvalue weighted by atomic mass is 10.0. The SMILES string of the molecule is O=C(Nc1ccc(-c2cc(C3CCCC3)n(C(=O)NCc3ccccc3F)n2)c(O)c1)c1cccnc1. The Morgan fingerprint density at radius 1 is 1.05 bits per heavy atom. The Morgan fingerprint density at radius 2 is 1.86 bits per heavy atom. The molecular weight excluding hydrogens is 473 g/mol. The minimum atomic E-state index is -0.462. The number of amides is 2. The van der Waals surface area contributed by atoms with Crippen LogP contribution in [-0.4, -0.2) is 31.8 Å². The second kappa shape index (κ2) is 10.6. The van der Waals surface area contributed by atoms with E-state index in [-0.39, 0.29) is 29.9 Å². The molecule has 188 valence electrons. The highest BCUT2D eigenvalue weighted by Gasteiger charge is 2.26. The third kappa shape index (κ3) is 5.35. The summed E-state index contributed by atoms with van der Waals surface area (Å²) in [7, 11) is 0. The zero-order valence-electron chi connectivity index (χ0n) is 20.0. The highest BCUT2D eigenvalue weighted by molar-refractivity contribution is 6.04. The number of nitrogens with one attached hydrogen (secondary N) is 2. The Morgan fingerprint density at radius 3 is 2.59 bits per heavy atom. The molecule has 4 aromatic rings. The largest absolute Gasteiger partial charge is 0.507 e. The molecule has 0 unspecified atom stereocenters. The molecule has 0 radical (unpaired) electrons. The number of halogens is 1. The van der Waals surface area contributed by atoms with Crippen LogP contribution in [0.15, 0.2) is 73.1 Å². The van der Waals surface area contributed by atoms with E-state index >= 15 is 0 Å². The Kier molecular flexibility index (Phi) is 6.93. The fraction of sp³-hybridized carbons (Fsp3) is 0.214. The van der Waals surface area contributed by atoms with Gasteiger partial charge in [0.25, 0.3) is 5.91 Å². The Balaban J connectivity index is 1.39. The summed E-state index contributed by atoms with van der Waals surface area (Å²) in [6.07, 6.45) is 7.06. The maximum atomic E-state index is 14.0. The van der Waals surface area contributed by atoms with Crippen molar-refractivity contribution in [2.45, 2.75) is 38.1 Å². The van der Waals surface area contributed by atoms with Crippen LogP contribution in [0.5, 0.6) is 5.75 Å². The number of pyridine rings is 1. The standard InChI is InChI=1S/C28H26FN5O3/c29-23-10-4-3-8-19(23)17-31-28(37)34-25(18-6-1-2-7-18)15-24(33-34)22-12-11-21(14-26(22)35)32-27(36)20-9-5-13-30-16-20/h3-5,8-16,18,35H,1-2,6-7,17H2,(H,31,37)(H,32,36). The van der Waals surface area contributed by atoms with Gasteiger partial charge in [-0.1, -0.05) is 31.0 Å². The number of carbonyl (C=O) groups is 2. The number of hydrogen-bond acceptors (Lipinski definition) is 5. The topological polar surface area (TPSA) is 109 Å². The fourth-order valence-corrected chi connectivity index (χ4v) is 4.62. The maximum absolute atomic E-state index is 14.0. The lowest BCUT2D eigenvalue weighted by Gasteiger charge is -2.12. The number of anilines is 1. The monoisotopic (exact) mass is 499 g/mol. The van der Waals surface area contributed by atoms with Crippen molar-refractivity contribution >= 4 is 17.6 Å². The van der Waals surface area contributed by atoms with Crippen LogP contribution in [0.4, 0.5) is 14.9 Å². The van der Waals surface area contributed by atoms with Gasteiger partial charge in [-0.05, 0) is 49.2 Å². The first kappa shape index (κ1) is 24.2. The molecule has 37 heavy (non-hydrogen) atoms. The third-order valence-corrected chi connectivity index (χ3v) is 6.55. The zero-order chi connectivity index (χ0) is 25.8. The molecule has 1 saturated carbocycles. The minimum Gasteiger partial charge on any atom is -0.507 e. The molecule has 2 aromatic carbocycles. The van der Waals surface area contributed by atoms with E-state index in [1.807, 2.05) is 6.07 Å². The molecule has 2 amide bonds. The quantitative estimate of drug-likeness (QED) is 0.327. The number of benzene rings is 2. The van der Waals surface area contributed by atoms with Gasteiger partial charge < -0.3 is 15.7 Å². The summed E-state index contributed by atoms with van der Waals surface area (Å²) in [6, 6.07) is 15.7. The van der Waals surface area contributed by atoms with Crippen LogP contribution in [0.2, 0.25) is 0 Å². The number of rotatable bonds is 6. The number of aromatic hydroxyl groups is 1. The lowest BCUT2D eigenvalue weighted by molar-refractivity contribution is 0.102. The molecule has 1 aliphatic carbocycles. The van der Waals surface area contributed by atoms with Gasteiger partial charge in [-0.25, -0.2) is 9.18 Å². The second-order valence-corrected chi connectivity index (χ2v) is 9.03. The maximum Gasteiger partial charge on any atom is 0.342 e. The summed E-state index contributed by atoms with van der Waals surface area (Å²) in [5.41, 5.74) is 2.81. The summed E-state index contributed by atoms with van der Waals surface area (Å²) in [4.78, 5) is 29.5. The van der Waals surface area contributed by atoms with Crippen LogP contribution in [0.25, 0.3) is 11.3 Å². The summed E-state index contributed by atoms with van der Waals surface area (Å²) in [5.74, 6) is -0.654. The summed E-state index contributed by atoms with van der Waals surface area (Å²) in [6.45, 7) is 0.0292. The smallest absolute Gasteiger partial charge is 0.342 e. The van der Waals surface area contributed by atoms with Gasteiger partial charge >= 0.3 is 6.03 Å². The molecule has 0 saturated heterocycles. The van der Waals surface area contributed by atoms with Crippen LogP contribution in [0.1, 0.15) is 53.2 Å². The summed E-state index contributed by atoms with van der Waals surface area (Å²) >= 11 is 0. The normalized spacial score (nSPS) is 13.4. The van der Waals surface area contributed by atoms with Gasteiger partial charge in [-0.15, -0.1) is 0 Å². The fourth-order valence-electron chi connectivity index (χ4n) is 4.62. The highest BCUT2D eigenvalue weighted by Crippen LogP contribution is 2.38. The number of carbonyl (C=O) groups excluding carboxylic acids is 2. The Bertz CT molecular complexity index is 1430. The molecule has 8 nitrogen and oxygen atoms in total. The van der Waals surface area contributed by atoms with Gasteiger partial charge in [0.1, 0.15) is 11.6 Å². The molecule has 2 heterocycles. The lowest BCUT2D eigenvalue weighted by Crippen LogP contribution is -2.31. The van der Waals surface area contributed by atoms with E-state index in [0.717, 1.165) is 31.4 Å². The number of phenolic OH excluding ortho intramolecular Hbond substituents is 1. The molecule has 0 spiro atoms. The summed E-state index contributed by atoms with van der Waals surface area (Å²) in [5, 5.41) is 20.8. The van der Waals surface area contributed by atoms with Gasteiger partial charge in [0, 0.05) is 47.7 Å². The van der Waals surface area contributed by atoms with Crippen molar-refractivity contribution in [3.63, 3.8) is 0 Å². The van der Waals surface area contributed by atoms with E-state index in [0.29, 0.717) is 28.1 Å². The first-order valence-corrected chi connectivity index (χ1v) is 12.2. The highest BCUT2D eigenvalue weighted by atomic mass is 19.1. The average Bonchev–Trinajstić information content (AvgIpc) is 3.59. The second-order valence-electron chi connectivity index (χ2n) is 9.03. The number of hydrogen-bond donors (Lipinski definition) is 3. The van der Waals surface area contributed by atoms with Crippen molar-refractivity contribution in [3.8, 4) is 17.0 Å². The zero-order valence-corrected chi connectivity index (χ0v) is 20.0. The van der Waals surface area contributed by atoms with E-state index in [2.05, 4.69) is 20.7 Å². The molecule has 5 rings (SSSR count). The Labute approximate surface area is 213 Å². The van der Waals surface area contributed by atoms with Crippen LogP contribution >= 0.6 is 0 Å². The predicted octanol–water partition coefficient (Wildman–Crippen LogP) is 5.46. The van der Waals surface area contributed by atoms with Crippen molar-refractivity contribution in [3.05, 3.63) is 95.7 Å². The van der Waals surface area contributed by atoms with Crippen molar-refractivity contribution in [1.82, 2.24) is 20.1 Å². The molecule has 1 fully saturated rings. The molecule has 0 bridgehead atoms. The van der Waals surface area contributed by atoms with Crippen molar-refractivity contribution in [1.29, 1.82) is 0 Å². The van der Waals surface area contributed by atoms with Gasteiger partial charge in [0.05, 0.1) is 17.0 Å². The molecule has 9 heteroatoms. The third-order valence-electron chi connectivity index (χ3n) is 6.55. The van der Waals surface area contributed by atoms with Gasteiger partial charge in [0.15, 0.2) is 0 Å². The van der Waals surface area contributed by atoms with Gasteiger partial charge in [-0.2, -0.15) is 9.78 Å². The molecule has 1 aliphatic rings. The number of nitrogens with zero attached hydrogens (tertiary/aromatic N) is 3. The molecule has 2 aromatic heterocycles. The average molecular weight is 500 g/mol. The number of aromatic nitrogens is 3. The van der Waals surface area contributed by atoms with Crippen molar-refractivity contribution in [2.24, 2.45) is 0 Å². The first-order chi connectivity index (χ1) is 18.0. The van der Waals surface area contributed by atoms with Crippen molar-refractivity contribution < 1.29 is 19.1 Å². The van der Waals surface area contributed by atoms with Crippen LogP contribution in [0, 0.1) is 5.82 Å². The van der Waals surface area contributed by atoms with Gasteiger partial charge in [0.2, 0.25) is 0 Å². The minimum absolute atomic E-state index is 0.0292. The van der Waals surface area contributed by atoms with E-state index in [4.69, 9.17) is 0 Å². The molecule has 0 atom stereocenters. The van der Waals surface area contributed by atoms with Gasteiger partial charge in [-0.3, -0.25) is 9.78 Å². The van der Waals surface area contributed by atoms with Crippen molar-refractivity contribution in [2.75, 3.05) is 5.32 Å². The van der Waals surface area contributed by atoms with Crippen LogP contribution in [0.3, 0.4) is 0 Å². The van der Waals surface area contributed by atoms with Crippen LogP contribution in [-0.2, 0) is 6.54 Å². The molecule has 0 aliphatic heterocycles. The first-order valence-electron chi connectivity index (χ1n) is 12.2. The van der Waals surface area contributed by atoms with Crippen LogP contribution < -0.4 is 10.6 Å². The molecular formula is C28H26FN5O3. The molecule has 3 N–H and O–H groups in total. The van der Waals surface area contributed by atoms with E-state index in [9.17, 15) is 19.1 Å². The number of phenols is 1. The van der Waals surface area contributed by atoms with E-state index < -0.39 is 6.03 Å².